The summed E-state index contributed by atoms with van der Waals surface area (Å²) in [7, 11) is 0. The van der Waals surface area contributed by atoms with Crippen molar-refractivity contribution in [1.82, 2.24) is 10.2 Å². The van der Waals surface area contributed by atoms with Crippen LogP contribution in [0.1, 0.15) is 324 Å². The third kappa shape index (κ3) is 41.1. The number of hydrogen-bond acceptors (Lipinski definition) is 8. The number of nitrogens with zero attached hydrogens (tertiary/aromatic N) is 1. The van der Waals surface area contributed by atoms with Crippen LogP contribution in [0.25, 0.3) is 0 Å². The third-order valence-corrected chi connectivity index (χ3v) is 15.9. The first-order valence-electron chi connectivity index (χ1n) is 31.7. The highest BCUT2D eigenvalue weighted by Gasteiger charge is 2.34. The Morgan fingerprint density at radius 2 is 0.708 bits per heavy atom. The van der Waals surface area contributed by atoms with Crippen LogP contribution in [0.5, 0.6) is 0 Å². The summed E-state index contributed by atoms with van der Waals surface area (Å²) in [4.78, 5) is 57.1. The van der Waals surface area contributed by atoms with Gasteiger partial charge in [-0.2, -0.15) is 0 Å². The van der Waals surface area contributed by atoms with Crippen molar-refractivity contribution in [2.75, 3.05) is 39.5 Å². The molecule has 0 aromatic heterocycles. The molecule has 0 spiro atoms. The maximum atomic E-state index is 14.0. The standard InChI is InChI=1S/C63H120N2O7/c1-6-11-16-21-24-25-26-29-37-54-70-60(67)42-48-63(64-59(66)45-53-65-51-35-30-36-52-65,49-43-61(68)71-55-46-57(38-31-19-14-9-4)40-33-27-22-17-12-7-2)50-44-62(69)72-56-47-58(39-32-20-15-10-5)41-34-28-23-18-13-8-3/h57-58H,6-56H2,1-5H3,(H,64,66). The van der Waals surface area contributed by atoms with E-state index in [4.69, 9.17) is 14.2 Å². The van der Waals surface area contributed by atoms with Crippen LogP contribution in [-0.4, -0.2) is 73.7 Å². The highest BCUT2D eigenvalue weighted by Crippen LogP contribution is 2.29. The normalized spacial score (nSPS) is 14.7. The van der Waals surface area contributed by atoms with Gasteiger partial charge in [0.2, 0.25) is 5.91 Å². The van der Waals surface area contributed by atoms with Gasteiger partial charge in [0, 0.05) is 37.8 Å². The summed E-state index contributed by atoms with van der Waals surface area (Å²) in [5, 5.41) is 3.35. The zero-order valence-electron chi connectivity index (χ0n) is 48.5. The maximum absolute atomic E-state index is 14.0. The first-order chi connectivity index (χ1) is 35.2. The van der Waals surface area contributed by atoms with E-state index in [1.54, 1.807) is 0 Å². The van der Waals surface area contributed by atoms with Crippen molar-refractivity contribution < 1.29 is 33.4 Å². The lowest BCUT2D eigenvalue weighted by molar-refractivity contribution is -0.145. The highest BCUT2D eigenvalue weighted by atomic mass is 16.5. The average molecular weight is 1020 g/mol. The van der Waals surface area contributed by atoms with Crippen LogP contribution >= 0.6 is 0 Å². The van der Waals surface area contributed by atoms with Crippen molar-refractivity contribution >= 4 is 23.8 Å². The number of rotatable bonds is 53. The van der Waals surface area contributed by atoms with Crippen LogP contribution in [0, 0.1) is 11.8 Å². The molecule has 0 aliphatic carbocycles. The van der Waals surface area contributed by atoms with Gasteiger partial charge in [-0.05, 0) is 76.3 Å². The molecule has 0 aromatic rings. The van der Waals surface area contributed by atoms with E-state index in [9.17, 15) is 19.2 Å². The molecule has 0 aromatic carbocycles. The van der Waals surface area contributed by atoms with Crippen molar-refractivity contribution in [3.63, 3.8) is 0 Å². The number of piperidine rings is 1. The average Bonchev–Trinajstić information content (AvgIpc) is 3.38. The summed E-state index contributed by atoms with van der Waals surface area (Å²) in [6.45, 7) is 15.1. The number of esters is 3. The van der Waals surface area contributed by atoms with Crippen LogP contribution in [0.4, 0.5) is 0 Å². The number of likely N-dealkylation sites (tertiary alicyclic amines) is 1. The lowest BCUT2D eigenvalue weighted by atomic mass is 9.83. The fourth-order valence-corrected chi connectivity index (χ4v) is 10.9. The molecule has 2 atom stereocenters. The van der Waals surface area contributed by atoms with Gasteiger partial charge in [0.05, 0.1) is 19.8 Å². The molecule has 1 saturated heterocycles. The van der Waals surface area contributed by atoms with Gasteiger partial charge in [-0.1, -0.05) is 247 Å². The molecule has 0 bridgehead atoms. The van der Waals surface area contributed by atoms with Gasteiger partial charge < -0.3 is 24.4 Å². The van der Waals surface area contributed by atoms with Crippen molar-refractivity contribution in [2.24, 2.45) is 11.8 Å². The van der Waals surface area contributed by atoms with Gasteiger partial charge in [0.1, 0.15) is 0 Å². The fraction of sp³-hybridized carbons (Fsp3) is 0.937. The monoisotopic (exact) mass is 1020 g/mol. The predicted octanol–water partition coefficient (Wildman–Crippen LogP) is 17.7. The SMILES string of the molecule is CCCCCCCCCCCOC(=O)CCC(CCC(=O)OCCC(CCCCCC)CCCCCCCC)(CCC(=O)OCCC(CCCCCC)CCCCCCCC)NC(=O)CCN1CCCCC1. The van der Waals surface area contributed by atoms with Crippen LogP contribution in [0.2, 0.25) is 0 Å². The zero-order chi connectivity index (χ0) is 52.4. The first kappa shape index (κ1) is 67.9. The highest BCUT2D eigenvalue weighted by molar-refractivity contribution is 5.78. The Morgan fingerprint density at radius 1 is 0.389 bits per heavy atom. The minimum absolute atomic E-state index is 0.101. The van der Waals surface area contributed by atoms with Crippen molar-refractivity contribution in [1.29, 1.82) is 0 Å². The van der Waals surface area contributed by atoms with Crippen molar-refractivity contribution in [2.45, 2.75) is 329 Å². The summed E-state index contributed by atoms with van der Waals surface area (Å²) in [6, 6.07) is 0. The molecule has 9 heteroatoms. The second-order valence-corrected chi connectivity index (χ2v) is 22.6. The van der Waals surface area contributed by atoms with Crippen LogP contribution in [-0.2, 0) is 33.4 Å². The molecule has 0 radical (unpaired) electrons. The Kier molecular flexibility index (Phi) is 46.8. The molecule has 72 heavy (non-hydrogen) atoms. The molecule has 2 unspecified atom stereocenters. The molecule has 9 nitrogen and oxygen atoms in total. The molecule has 1 rings (SSSR count). The Morgan fingerprint density at radius 3 is 1.08 bits per heavy atom. The summed E-state index contributed by atoms with van der Waals surface area (Å²) in [6.07, 6.45) is 47.6. The van der Waals surface area contributed by atoms with E-state index < -0.39 is 5.54 Å². The second kappa shape index (κ2) is 49.7. The largest absolute Gasteiger partial charge is 0.466 e. The number of carbonyl (C=O) groups excluding carboxylic acids is 4. The minimum atomic E-state index is -0.965. The topological polar surface area (TPSA) is 111 Å². The fourth-order valence-electron chi connectivity index (χ4n) is 10.9. The number of unbranched alkanes of at least 4 members (excludes halogenated alkanes) is 24. The van der Waals surface area contributed by atoms with E-state index in [2.05, 4.69) is 44.8 Å². The molecule has 1 amide bonds. The number of carbonyl (C=O) groups is 4. The molecular weight excluding hydrogens is 897 g/mol. The molecule has 1 heterocycles. The van der Waals surface area contributed by atoms with E-state index in [1.165, 1.54) is 199 Å². The predicted molar refractivity (Wildman–Crippen MR) is 303 cm³/mol. The summed E-state index contributed by atoms with van der Waals surface area (Å²) in [5.74, 6) is 0.148. The van der Waals surface area contributed by atoms with E-state index >= 15 is 0 Å². The Bertz CT molecular complexity index is 1200. The van der Waals surface area contributed by atoms with Crippen LogP contribution in [0.15, 0.2) is 0 Å². The van der Waals surface area contributed by atoms with Gasteiger partial charge in [-0.25, -0.2) is 0 Å². The molecule has 0 saturated carbocycles. The summed E-state index contributed by atoms with van der Waals surface area (Å²) in [5.41, 5.74) is -0.965. The lowest BCUT2D eigenvalue weighted by Gasteiger charge is -2.35. The first-order valence-corrected chi connectivity index (χ1v) is 31.7. The number of hydrogen-bond donors (Lipinski definition) is 1. The Hall–Kier alpha value is -2.16. The molecular formula is C63H120N2O7. The molecule has 1 fully saturated rings. The maximum Gasteiger partial charge on any atom is 0.305 e. The second-order valence-electron chi connectivity index (χ2n) is 22.6. The van der Waals surface area contributed by atoms with Gasteiger partial charge in [-0.15, -0.1) is 0 Å². The summed E-state index contributed by atoms with van der Waals surface area (Å²) < 4.78 is 17.7. The van der Waals surface area contributed by atoms with E-state index in [1.807, 2.05) is 0 Å². The molecule has 1 N–H and O–H groups in total. The van der Waals surface area contributed by atoms with Gasteiger partial charge in [0.15, 0.2) is 0 Å². The number of nitrogens with one attached hydrogen (secondary N) is 1. The quantitative estimate of drug-likeness (QED) is 0.0364. The van der Waals surface area contributed by atoms with Gasteiger partial charge in [0.25, 0.3) is 0 Å². The van der Waals surface area contributed by atoms with Crippen LogP contribution in [0.3, 0.4) is 0 Å². The molecule has 424 valence electrons. The van der Waals surface area contributed by atoms with E-state index in [-0.39, 0.29) is 62.3 Å². The lowest BCUT2D eigenvalue weighted by Crippen LogP contribution is -2.50. The Balaban J connectivity index is 3.13. The number of ether oxygens (including phenoxy) is 3. The van der Waals surface area contributed by atoms with Crippen LogP contribution < -0.4 is 5.32 Å². The summed E-state index contributed by atoms with van der Waals surface area (Å²) >= 11 is 0. The minimum Gasteiger partial charge on any atom is -0.466 e. The zero-order valence-corrected chi connectivity index (χ0v) is 48.5. The van der Waals surface area contributed by atoms with Gasteiger partial charge in [-0.3, -0.25) is 19.2 Å². The molecule has 1 aliphatic heterocycles. The van der Waals surface area contributed by atoms with Crippen molar-refractivity contribution in [3.8, 4) is 0 Å². The molecule has 1 aliphatic rings. The van der Waals surface area contributed by atoms with E-state index in [0.29, 0.717) is 44.6 Å². The number of amides is 1. The van der Waals surface area contributed by atoms with Crippen molar-refractivity contribution in [3.05, 3.63) is 0 Å². The Labute approximate surface area is 446 Å². The smallest absolute Gasteiger partial charge is 0.305 e. The van der Waals surface area contributed by atoms with Gasteiger partial charge >= 0.3 is 17.9 Å². The third-order valence-electron chi connectivity index (χ3n) is 15.9. The van der Waals surface area contributed by atoms with E-state index in [0.717, 1.165) is 58.0 Å².